The third-order valence-electron chi connectivity index (χ3n) is 4.53. The summed E-state index contributed by atoms with van der Waals surface area (Å²) in [5.41, 5.74) is 2.16. The first-order chi connectivity index (χ1) is 12.2. The molecule has 26 heavy (non-hydrogen) atoms. The van der Waals surface area contributed by atoms with Crippen molar-refractivity contribution in [2.45, 2.75) is 47.5 Å². The molecular weight excluding hydrogens is 334 g/mol. The minimum absolute atomic E-state index is 0.0282. The molecule has 0 atom stereocenters. The lowest BCUT2D eigenvalue weighted by Crippen LogP contribution is -2.26. The summed E-state index contributed by atoms with van der Waals surface area (Å²) in [6, 6.07) is 3.10. The first-order valence-electron chi connectivity index (χ1n) is 8.52. The molecule has 6 heteroatoms. The smallest absolute Gasteiger partial charge is 0.335 e. The molecule has 138 valence electrons. The number of carboxylic acid groups (broad SMARTS) is 1. The van der Waals surface area contributed by atoms with Crippen molar-refractivity contribution >= 4 is 17.6 Å². The topological polar surface area (TPSA) is 96.6 Å². The van der Waals surface area contributed by atoms with Crippen molar-refractivity contribution in [3.8, 4) is 0 Å². The molecule has 1 amide bonds. The van der Waals surface area contributed by atoms with Crippen LogP contribution in [0, 0.1) is 20.8 Å². The van der Waals surface area contributed by atoms with Crippen molar-refractivity contribution < 1.29 is 19.1 Å². The zero-order valence-corrected chi connectivity index (χ0v) is 15.6. The average molecular weight is 357 g/mol. The number of hydrogen-bond donors (Lipinski definition) is 2. The molecule has 2 N–H and O–H groups in total. The lowest BCUT2D eigenvalue weighted by atomic mass is 9.98. The zero-order chi connectivity index (χ0) is 19.6. The Kier molecular flexibility index (Phi) is 5.65. The maximum atomic E-state index is 12.8. The Morgan fingerprint density at radius 2 is 1.58 bits per heavy atom. The van der Waals surface area contributed by atoms with Gasteiger partial charge in [-0.2, -0.15) is 0 Å². The summed E-state index contributed by atoms with van der Waals surface area (Å²) >= 11 is 0. The van der Waals surface area contributed by atoms with Gasteiger partial charge in [-0.25, -0.2) is 4.79 Å². The summed E-state index contributed by atoms with van der Waals surface area (Å²) in [6.45, 7) is 8.64. The zero-order valence-electron chi connectivity index (χ0n) is 15.6. The maximum Gasteiger partial charge on any atom is 0.335 e. The molecular formula is C20H23NO5. The Balaban J connectivity index is 2.55. The third-order valence-corrected chi connectivity index (χ3v) is 4.53. The number of carboxylic acids is 1. The normalized spacial score (nSPS) is 10.7. The van der Waals surface area contributed by atoms with Crippen LogP contribution in [0.3, 0.4) is 0 Å². The van der Waals surface area contributed by atoms with Gasteiger partial charge in [0.15, 0.2) is 0 Å². The van der Waals surface area contributed by atoms with Gasteiger partial charge in [0.25, 0.3) is 5.91 Å². The van der Waals surface area contributed by atoms with E-state index < -0.39 is 11.9 Å². The standard InChI is InChI=1S/C20H23NO5/c1-6-13-8-15(20(24)25)9-14(7-2)17(13)21-19(23)16-12(5)26-11(4)10(3)18(16)22/h8-9H,6-7H2,1-5H3,(H,21,23)(H,24,25). The van der Waals surface area contributed by atoms with E-state index in [2.05, 4.69) is 5.32 Å². The van der Waals surface area contributed by atoms with Crippen molar-refractivity contribution in [2.24, 2.45) is 0 Å². The molecule has 0 saturated heterocycles. The van der Waals surface area contributed by atoms with Crippen LogP contribution in [0.1, 0.15) is 62.8 Å². The molecule has 0 unspecified atom stereocenters. The number of aromatic carboxylic acids is 1. The molecule has 0 saturated carbocycles. The van der Waals surface area contributed by atoms with Crippen LogP contribution in [0.15, 0.2) is 21.3 Å². The number of benzene rings is 1. The van der Waals surface area contributed by atoms with Gasteiger partial charge in [-0.1, -0.05) is 13.8 Å². The van der Waals surface area contributed by atoms with E-state index in [1.165, 1.54) is 0 Å². The predicted octanol–water partition coefficient (Wildman–Crippen LogP) is 3.64. The predicted molar refractivity (Wildman–Crippen MR) is 99.3 cm³/mol. The largest absolute Gasteiger partial charge is 0.478 e. The number of carbonyl (C=O) groups excluding carboxylic acids is 1. The molecule has 0 aliphatic heterocycles. The molecule has 0 aliphatic carbocycles. The fraction of sp³-hybridized carbons (Fsp3) is 0.350. The number of hydrogen-bond acceptors (Lipinski definition) is 4. The number of carbonyl (C=O) groups is 2. The van der Waals surface area contributed by atoms with Crippen LogP contribution in [-0.4, -0.2) is 17.0 Å². The highest BCUT2D eigenvalue weighted by molar-refractivity contribution is 6.06. The molecule has 1 aromatic carbocycles. The van der Waals surface area contributed by atoms with Gasteiger partial charge in [-0.15, -0.1) is 0 Å². The average Bonchev–Trinajstić information content (AvgIpc) is 2.59. The Hall–Kier alpha value is -2.89. The second-order valence-corrected chi connectivity index (χ2v) is 6.18. The summed E-state index contributed by atoms with van der Waals surface area (Å²) in [5.74, 6) is -0.822. The number of anilines is 1. The van der Waals surface area contributed by atoms with Crippen molar-refractivity contribution in [2.75, 3.05) is 5.32 Å². The van der Waals surface area contributed by atoms with Gasteiger partial charge in [-0.05, 0) is 56.9 Å². The minimum Gasteiger partial charge on any atom is -0.478 e. The molecule has 0 spiro atoms. The molecule has 2 aromatic rings. The van der Waals surface area contributed by atoms with E-state index in [-0.39, 0.29) is 22.3 Å². The third kappa shape index (κ3) is 3.54. The summed E-state index contributed by atoms with van der Waals surface area (Å²) in [6.07, 6.45) is 1.09. The lowest BCUT2D eigenvalue weighted by Gasteiger charge is -2.16. The van der Waals surface area contributed by atoms with Gasteiger partial charge in [0.1, 0.15) is 17.1 Å². The van der Waals surface area contributed by atoms with Crippen LogP contribution < -0.4 is 10.7 Å². The Labute approximate surface area is 151 Å². The summed E-state index contributed by atoms with van der Waals surface area (Å²) in [7, 11) is 0. The van der Waals surface area contributed by atoms with Gasteiger partial charge >= 0.3 is 5.97 Å². The summed E-state index contributed by atoms with van der Waals surface area (Å²) < 4.78 is 5.50. The van der Waals surface area contributed by atoms with Crippen molar-refractivity contribution in [1.29, 1.82) is 0 Å². The number of aryl methyl sites for hydroxylation is 4. The highest BCUT2D eigenvalue weighted by Crippen LogP contribution is 2.26. The molecule has 0 radical (unpaired) electrons. The van der Waals surface area contributed by atoms with Gasteiger partial charge in [-0.3, -0.25) is 9.59 Å². The van der Waals surface area contributed by atoms with Crippen molar-refractivity contribution in [3.05, 3.63) is 61.7 Å². The second-order valence-electron chi connectivity index (χ2n) is 6.18. The lowest BCUT2D eigenvalue weighted by molar-refractivity contribution is 0.0696. The maximum absolute atomic E-state index is 12.8. The Morgan fingerprint density at radius 1 is 1.04 bits per heavy atom. The van der Waals surface area contributed by atoms with Crippen LogP contribution in [0.2, 0.25) is 0 Å². The molecule has 1 aromatic heterocycles. The first kappa shape index (κ1) is 19.4. The molecule has 0 bridgehead atoms. The number of rotatable bonds is 5. The molecule has 0 aliphatic rings. The highest BCUT2D eigenvalue weighted by atomic mass is 16.4. The van der Waals surface area contributed by atoms with Gasteiger partial charge in [0.05, 0.1) is 5.56 Å². The monoisotopic (exact) mass is 357 g/mol. The van der Waals surface area contributed by atoms with Crippen molar-refractivity contribution in [3.63, 3.8) is 0 Å². The molecule has 6 nitrogen and oxygen atoms in total. The fourth-order valence-electron chi connectivity index (χ4n) is 2.91. The van der Waals surface area contributed by atoms with Crippen LogP contribution in [-0.2, 0) is 12.8 Å². The van der Waals surface area contributed by atoms with Gasteiger partial charge in [0.2, 0.25) is 5.43 Å². The highest BCUT2D eigenvalue weighted by Gasteiger charge is 2.21. The molecule has 1 heterocycles. The van der Waals surface area contributed by atoms with Crippen LogP contribution in [0.4, 0.5) is 5.69 Å². The van der Waals surface area contributed by atoms with Gasteiger partial charge in [0, 0.05) is 11.3 Å². The number of nitrogens with one attached hydrogen (secondary N) is 1. The summed E-state index contributed by atoms with van der Waals surface area (Å²) in [5, 5.41) is 12.1. The minimum atomic E-state index is -1.02. The van der Waals surface area contributed by atoms with Crippen LogP contribution in [0.5, 0.6) is 0 Å². The SMILES string of the molecule is CCc1cc(C(=O)O)cc(CC)c1NC(=O)c1c(C)oc(C)c(C)c1=O. The van der Waals surface area contributed by atoms with E-state index in [1.54, 1.807) is 32.9 Å². The van der Waals surface area contributed by atoms with Crippen LogP contribution in [0.25, 0.3) is 0 Å². The summed E-state index contributed by atoms with van der Waals surface area (Å²) in [4.78, 5) is 36.6. The van der Waals surface area contributed by atoms with E-state index >= 15 is 0 Å². The van der Waals surface area contributed by atoms with E-state index in [0.717, 1.165) is 0 Å². The van der Waals surface area contributed by atoms with E-state index in [0.29, 0.717) is 41.0 Å². The van der Waals surface area contributed by atoms with E-state index in [1.807, 2.05) is 13.8 Å². The number of amides is 1. The molecule has 0 fully saturated rings. The quantitative estimate of drug-likeness (QED) is 0.851. The van der Waals surface area contributed by atoms with E-state index in [4.69, 9.17) is 4.42 Å². The Bertz CT molecular complexity index is 915. The Morgan fingerprint density at radius 3 is 2.04 bits per heavy atom. The van der Waals surface area contributed by atoms with Crippen LogP contribution >= 0.6 is 0 Å². The first-order valence-corrected chi connectivity index (χ1v) is 8.52. The fourth-order valence-corrected chi connectivity index (χ4v) is 2.91. The molecule has 2 rings (SSSR count). The van der Waals surface area contributed by atoms with E-state index in [9.17, 15) is 19.5 Å². The van der Waals surface area contributed by atoms with Gasteiger partial charge < -0.3 is 14.8 Å². The second kappa shape index (κ2) is 7.56. The van der Waals surface area contributed by atoms with Crippen molar-refractivity contribution in [1.82, 2.24) is 0 Å².